The first kappa shape index (κ1) is 14.8. The van der Waals surface area contributed by atoms with Crippen LogP contribution in [-0.2, 0) is 9.47 Å². The minimum Gasteiger partial charge on any atom is -0.465 e. The average Bonchev–Trinajstić information content (AvgIpc) is 2.69. The van der Waals surface area contributed by atoms with E-state index in [0.717, 1.165) is 11.3 Å². The number of esters is 1. The third kappa shape index (κ3) is 4.53. The first-order valence-corrected chi connectivity index (χ1v) is 6.01. The maximum absolute atomic E-state index is 11.8. The Balaban J connectivity index is 2.37. The van der Waals surface area contributed by atoms with E-state index in [1.807, 2.05) is 0 Å². The number of carbonyl (C=O) groups excluding carboxylic acids is 1. The monoisotopic (exact) mass is 280 g/mol. The van der Waals surface area contributed by atoms with Crippen LogP contribution in [0.5, 0.6) is 0 Å². The van der Waals surface area contributed by atoms with Crippen LogP contribution in [0.2, 0.25) is 0 Å². The van der Waals surface area contributed by atoms with E-state index in [1.165, 1.54) is 7.11 Å². The summed E-state index contributed by atoms with van der Waals surface area (Å²) in [5.41, 5.74) is 0.572. The first-order valence-electron chi connectivity index (χ1n) is 5.20. The van der Waals surface area contributed by atoms with Crippen molar-refractivity contribution in [1.82, 2.24) is 4.98 Å². The molecule has 0 aromatic carbocycles. The van der Waals surface area contributed by atoms with Crippen LogP contribution in [0.1, 0.15) is 15.4 Å². The van der Waals surface area contributed by atoms with Gasteiger partial charge in [-0.25, -0.2) is 18.6 Å². The summed E-state index contributed by atoms with van der Waals surface area (Å²) in [5.74, 6) is -0.438. The van der Waals surface area contributed by atoms with Crippen molar-refractivity contribution in [2.75, 3.05) is 32.2 Å². The normalized spacial score (nSPS) is 10.7. The molecule has 18 heavy (non-hydrogen) atoms. The number of nitrogens with zero attached hydrogens (tertiary/aromatic N) is 1. The number of hydrogen-bond acceptors (Lipinski definition) is 6. The molecule has 1 rings (SSSR count). The average molecular weight is 280 g/mol. The van der Waals surface area contributed by atoms with Crippen LogP contribution < -0.4 is 5.32 Å². The number of thiazole rings is 1. The molecule has 5 nitrogen and oxygen atoms in total. The number of aryl methyl sites for hydroxylation is 1. The molecule has 102 valence electrons. The number of halogens is 2. The zero-order valence-corrected chi connectivity index (χ0v) is 10.9. The quantitative estimate of drug-likeness (QED) is 0.611. The van der Waals surface area contributed by atoms with Gasteiger partial charge >= 0.3 is 5.97 Å². The van der Waals surface area contributed by atoms with Gasteiger partial charge in [-0.1, -0.05) is 11.3 Å². The lowest BCUT2D eigenvalue weighted by Gasteiger charge is -2.03. The van der Waals surface area contributed by atoms with Crippen LogP contribution in [-0.4, -0.2) is 44.2 Å². The Hall–Kier alpha value is -1.28. The summed E-state index contributed by atoms with van der Waals surface area (Å²) in [6.45, 7) is 1.62. The number of anilines is 1. The molecule has 0 saturated heterocycles. The van der Waals surface area contributed by atoms with E-state index in [1.54, 1.807) is 6.92 Å². The van der Waals surface area contributed by atoms with Crippen molar-refractivity contribution in [2.24, 2.45) is 0 Å². The Morgan fingerprint density at radius 3 is 2.89 bits per heavy atom. The van der Waals surface area contributed by atoms with Gasteiger partial charge < -0.3 is 14.8 Å². The van der Waals surface area contributed by atoms with E-state index in [2.05, 4.69) is 15.0 Å². The maximum atomic E-state index is 11.8. The molecule has 0 spiro atoms. The van der Waals surface area contributed by atoms with E-state index in [4.69, 9.17) is 4.74 Å². The van der Waals surface area contributed by atoms with E-state index in [-0.39, 0.29) is 6.61 Å². The highest BCUT2D eigenvalue weighted by molar-refractivity contribution is 7.17. The zero-order valence-electron chi connectivity index (χ0n) is 10.0. The molecule has 0 atom stereocenters. The Morgan fingerprint density at radius 1 is 1.56 bits per heavy atom. The SMILES string of the molecule is COC(=O)c1sc(NCCOCC(F)F)nc1C. The number of hydrogen-bond donors (Lipinski definition) is 1. The fourth-order valence-corrected chi connectivity index (χ4v) is 2.07. The summed E-state index contributed by atoms with van der Waals surface area (Å²) in [7, 11) is 1.30. The molecule has 0 aliphatic rings. The van der Waals surface area contributed by atoms with Crippen LogP contribution in [0.25, 0.3) is 0 Å². The Labute approximate surface area is 107 Å². The molecule has 0 aliphatic heterocycles. The van der Waals surface area contributed by atoms with Crippen molar-refractivity contribution in [2.45, 2.75) is 13.3 Å². The number of aromatic nitrogens is 1. The highest BCUT2D eigenvalue weighted by Crippen LogP contribution is 2.22. The third-order valence-corrected chi connectivity index (χ3v) is 3.03. The van der Waals surface area contributed by atoms with Crippen molar-refractivity contribution >= 4 is 22.4 Å². The minimum absolute atomic E-state index is 0.149. The van der Waals surface area contributed by atoms with Gasteiger partial charge in [-0.2, -0.15) is 0 Å². The lowest BCUT2D eigenvalue weighted by molar-refractivity contribution is 0.0215. The summed E-state index contributed by atoms with van der Waals surface area (Å²) in [4.78, 5) is 15.9. The maximum Gasteiger partial charge on any atom is 0.350 e. The molecule has 0 aliphatic carbocycles. The molecule has 1 aromatic rings. The Bertz CT molecular complexity index is 398. The molecular weight excluding hydrogens is 266 g/mol. The molecule has 1 heterocycles. The second-order valence-corrected chi connectivity index (χ2v) is 4.32. The molecule has 0 saturated carbocycles. The molecule has 0 radical (unpaired) electrons. The molecule has 0 bridgehead atoms. The van der Waals surface area contributed by atoms with Crippen molar-refractivity contribution in [3.8, 4) is 0 Å². The number of nitrogens with one attached hydrogen (secondary N) is 1. The van der Waals surface area contributed by atoms with Gasteiger partial charge in [-0.05, 0) is 6.92 Å². The van der Waals surface area contributed by atoms with Gasteiger partial charge in [0, 0.05) is 6.54 Å². The molecule has 1 aromatic heterocycles. The second-order valence-electron chi connectivity index (χ2n) is 3.32. The fraction of sp³-hybridized carbons (Fsp3) is 0.600. The molecular formula is C10H14F2N2O3S. The van der Waals surface area contributed by atoms with Gasteiger partial charge in [0.1, 0.15) is 11.5 Å². The van der Waals surface area contributed by atoms with Gasteiger partial charge in [0.25, 0.3) is 6.43 Å². The summed E-state index contributed by atoms with van der Waals surface area (Å²) in [6.07, 6.45) is -2.46. The van der Waals surface area contributed by atoms with Crippen molar-refractivity contribution in [1.29, 1.82) is 0 Å². The number of rotatable bonds is 7. The summed E-state index contributed by atoms with van der Waals surface area (Å²) < 4.78 is 32.8. The Kier molecular flexibility index (Phi) is 5.93. The number of carbonyl (C=O) groups is 1. The van der Waals surface area contributed by atoms with Gasteiger partial charge in [0.15, 0.2) is 5.13 Å². The molecule has 0 fully saturated rings. The van der Waals surface area contributed by atoms with Gasteiger partial charge in [0.05, 0.1) is 19.4 Å². The van der Waals surface area contributed by atoms with E-state index in [9.17, 15) is 13.6 Å². The lowest BCUT2D eigenvalue weighted by Crippen LogP contribution is -2.12. The van der Waals surface area contributed by atoms with Gasteiger partial charge in [0.2, 0.25) is 0 Å². The van der Waals surface area contributed by atoms with Crippen LogP contribution in [0.4, 0.5) is 13.9 Å². The van der Waals surface area contributed by atoms with Gasteiger partial charge in [-0.3, -0.25) is 0 Å². The zero-order chi connectivity index (χ0) is 13.5. The first-order chi connectivity index (χ1) is 8.54. The number of alkyl halides is 2. The molecule has 0 unspecified atom stereocenters. The summed E-state index contributed by atoms with van der Waals surface area (Å²) in [5, 5.41) is 3.42. The summed E-state index contributed by atoms with van der Waals surface area (Å²) >= 11 is 1.16. The number of methoxy groups -OCH3 is 1. The minimum atomic E-state index is -2.46. The lowest BCUT2D eigenvalue weighted by atomic mass is 10.4. The van der Waals surface area contributed by atoms with Gasteiger partial charge in [-0.15, -0.1) is 0 Å². The highest BCUT2D eigenvalue weighted by atomic mass is 32.1. The van der Waals surface area contributed by atoms with E-state index in [0.29, 0.717) is 22.2 Å². The second kappa shape index (κ2) is 7.22. The van der Waals surface area contributed by atoms with Crippen LogP contribution in [0.15, 0.2) is 0 Å². The summed E-state index contributed by atoms with van der Waals surface area (Å²) in [6, 6.07) is 0. The predicted molar refractivity (Wildman–Crippen MR) is 63.5 cm³/mol. The van der Waals surface area contributed by atoms with E-state index < -0.39 is 19.0 Å². The molecule has 8 heteroatoms. The van der Waals surface area contributed by atoms with Crippen LogP contribution in [0.3, 0.4) is 0 Å². The van der Waals surface area contributed by atoms with E-state index >= 15 is 0 Å². The Morgan fingerprint density at radius 2 is 2.28 bits per heavy atom. The van der Waals surface area contributed by atoms with Crippen LogP contribution in [0, 0.1) is 6.92 Å². The number of ether oxygens (including phenoxy) is 2. The predicted octanol–water partition coefficient (Wildman–Crippen LogP) is 1.93. The largest absolute Gasteiger partial charge is 0.465 e. The fourth-order valence-electron chi connectivity index (χ4n) is 1.16. The van der Waals surface area contributed by atoms with Crippen molar-refractivity contribution in [3.63, 3.8) is 0 Å². The van der Waals surface area contributed by atoms with Crippen molar-refractivity contribution < 1.29 is 23.0 Å². The smallest absolute Gasteiger partial charge is 0.350 e. The molecule has 1 N–H and O–H groups in total. The topological polar surface area (TPSA) is 60.5 Å². The third-order valence-electron chi connectivity index (χ3n) is 1.93. The molecule has 0 amide bonds. The van der Waals surface area contributed by atoms with Crippen LogP contribution >= 0.6 is 11.3 Å². The standard InChI is InChI=1S/C10H14F2N2O3S/c1-6-8(9(15)16-2)18-10(14-6)13-3-4-17-5-7(11)12/h7H,3-5H2,1-2H3,(H,13,14). The highest BCUT2D eigenvalue weighted by Gasteiger charge is 2.15. The van der Waals surface area contributed by atoms with Crippen molar-refractivity contribution in [3.05, 3.63) is 10.6 Å².